The standard InChI is InChI=1S/C30H32N4O4/c1-21(30(35)36)25-17-26-27(18-28(25)37-16-8-7-15-34(2)3)31-20-32-29(26)33-23-11-13-24(14-12-23)38-19-22-9-5-4-6-10-22/h4-6,9-14,17-18,20H,1,7-8,15-16,19H2,2-3H3,(H,35,36)(H,31,32,33)/p-1. The van der Waals surface area contributed by atoms with Gasteiger partial charge in [-0.05, 0) is 69.4 Å². The molecule has 0 radical (unpaired) electrons. The van der Waals surface area contributed by atoms with Crippen LogP contribution in [-0.4, -0.2) is 48.1 Å². The lowest BCUT2D eigenvalue weighted by molar-refractivity contribution is -0.295. The Morgan fingerprint density at radius 2 is 1.76 bits per heavy atom. The quantitative estimate of drug-likeness (QED) is 0.208. The van der Waals surface area contributed by atoms with Gasteiger partial charge in [0.05, 0.1) is 18.1 Å². The van der Waals surface area contributed by atoms with Crippen molar-refractivity contribution in [3.8, 4) is 11.5 Å². The molecule has 1 N–H and O–H groups in total. The average Bonchev–Trinajstić information content (AvgIpc) is 2.92. The van der Waals surface area contributed by atoms with E-state index in [1.807, 2.05) is 68.7 Å². The molecule has 0 amide bonds. The van der Waals surface area contributed by atoms with Crippen molar-refractivity contribution in [3.63, 3.8) is 0 Å². The predicted octanol–water partition coefficient (Wildman–Crippen LogP) is 4.44. The van der Waals surface area contributed by atoms with E-state index in [0.717, 1.165) is 36.4 Å². The van der Waals surface area contributed by atoms with Gasteiger partial charge in [-0.3, -0.25) is 0 Å². The van der Waals surface area contributed by atoms with E-state index in [1.165, 1.54) is 6.33 Å². The fourth-order valence-corrected chi connectivity index (χ4v) is 3.87. The monoisotopic (exact) mass is 511 g/mol. The molecule has 0 spiro atoms. The number of benzene rings is 3. The fourth-order valence-electron chi connectivity index (χ4n) is 3.87. The fraction of sp³-hybridized carbons (Fsp3) is 0.233. The van der Waals surface area contributed by atoms with Crippen LogP contribution in [0.3, 0.4) is 0 Å². The molecule has 0 aliphatic carbocycles. The van der Waals surface area contributed by atoms with Crippen molar-refractivity contribution in [1.82, 2.24) is 14.9 Å². The number of rotatable bonds is 13. The molecule has 196 valence electrons. The predicted molar refractivity (Wildman–Crippen MR) is 147 cm³/mol. The third kappa shape index (κ3) is 7.08. The molecule has 1 heterocycles. The summed E-state index contributed by atoms with van der Waals surface area (Å²) in [6, 6.07) is 20.9. The highest BCUT2D eigenvalue weighted by Gasteiger charge is 2.14. The molecule has 0 atom stereocenters. The van der Waals surface area contributed by atoms with Crippen molar-refractivity contribution in [1.29, 1.82) is 0 Å². The zero-order valence-electron chi connectivity index (χ0n) is 21.6. The van der Waals surface area contributed by atoms with E-state index in [-0.39, 0.29) is 5.57 Å². The number of carbonyl (C=O) groups is 1. The van der Waals surface area contributed by atoms with Crippen molar-refractivity contribution in [2.45, 2.75) is 19.4 Å². The molecule has 4 rings (SSSR count). The van der Waals surface area contributed by atoms with Crippen LogP contribution >= 0.6 is 0 Å². The molecule has 3 aromatic carbocycles. The van der Waals surface area contributed by atoms with Gasteiger partial charge in [0.25, 0.3) is 0 Å². The van der Waals surface area contributed by atoms with Gasteiger partial charge in [-0.25, -0.2) is 9.97 Å². The Kier molecular flexibility index (Phi) is 8.89. The number of nitrogens with zero attached hydrogens (tertiary/aromatic N) is 3. The highest BCUT2D eigenvalue weighted by atomic mass is 16.5. The van der Waals surface area contributed by atoms with Crippen LogP contribution < -0.4 is 19.9 Å². The molecular formula is C30H31N4O4-. The van der Waals surface area contributed by atoms with Crippen molar-refractivity contribution >= 4 is 34.0 Å². The van der Waals surface area contributed by atoms with Crippen LogP contribution in [0.15, 0.2) is 79.6 Å². The number of aliphatic carboxylic acids is 1. The zero-order chi connectivity index (χ0) is 26.9. The Morgan fingerprint density at radius 3 is 2.47 bits per heavy atom. The summed E-state index contributed by atoms with van der Waals surface area (Å²) >= 11 is 0. The van der Waals surface area contributed by atoms with Crippen molar-refractivity contribution < 1.29 is 19.4 Å². The molecule has 0 fully saturated rings. The third-order valence-electron chi connectivity index (χ3n) is 5.93. The van der Waals surface area contributed by atoms with Crippen LogP contribution in [0, 0.1) is 0 Å². The van der Waals surface area contributed by atoms with Crippen molar-refractivity contribution in [3.05, 3.63) is 90.8 Å². The van der Waals surface area contributed by atoms with Crippen LogP contribution in [0.1, 0.15) is 24.0 Å². The second kappa shape index (κ2) is 12.7. The maximum Gasteiger partial charge on any atom is 0.141 e. The summed E-state index contributed by atoms with van der Waals surface area (Å²) in [5.74, 6) is 0.310. The number of hydrogen-bond donors (Lipinski definition) is 1. The number of hydrogen-bond acceptors (Lipinski definition) is 8. The van der Waals surface area contributed by atoms with Gasteiger partial charge in [-0.15, -0.1) is 0 Å². The maximum absolute atomic E-state index is 11.7. The van der Waals surface area contributed by atoms with E-state index in [1.54, 1.807) is 12.1 Å². The largest absolute Gasteiger partial charge is 0.545 e. The number of fused-ring (bicyclic) bond motifs is 1. The van der Waals surface area contributed by atoms with E-state index < -0.39 is 5.97 Å². The first-order valence-electron chi connectivity index (χ1n) is 12.4. The molecule has 0 aliphatic heterocycles. The topological polar surface area (TPSA) is 99.6 Å². The average molecular weight is 512 g/mol. The Hall–Kier alpha value is -4.43. The van der Waals surface area contributed by atoms with Crippen LogP contribution in [0.25, 0.3) is 16.5 Å². The molecule has 0 aliphatic rings. The van der Waals surface area contributed by atoms with Gasteiger partial charge >= 0.3 is 0 Å². The van der Waals surface area contributed by atoms with Crippen LogP contribution in [0.2, 0.25) is 0 Å². The summed E-state index contributed by atoms with van der Waals surface area (Å²) in [4.78, 5) is 22.5. The highest BCUT2D eigenvalue weighted by Crippen LogP contribution is 2.33. The van der Waals surface area contributed by atoms with Crippen LogP contribution in [0.4, 0.5) is 11.5 Å². The van der Waals surface area contributed by atoms with Crippen molar-refractivity contribution in [2.75, 3.05) is 32.6 Å². The van der Waals surface area contributed by atoms with E-state index in [2.05, 4.69) is 26.8 Å². The summed E-state index contributed by atoms with van der Waals surface area (Å²) in [6.07, 6.45) is 3.24. The van der Waals surface area contributed by atoms with Gasteiger partial charge < -0.3 is 29.6 Å². The molecule has 8 heteroatoms. The van der Waals surface area contributed by atoms with Gasteiger partial charge in [0.15, 0.2) is 0 Å². The lowest BCUT2D eigenvalue weighted by Gasteiger charge is -2.17. The lowest BCUT2D eigenvalue weighted by atomic mass is 10.0. The van der Waals surface area contributed by atoms with E-state index in [4.69, 9.17) is 9.47 Å². The van der Waals surface area contributed by atoms with E-state index in [0.29, 0.717) is 41.2 Å². The van der Waals surface area contributed by atoms with Crippen LogP contribution in [0.5, 0.6) is 11.5 Å². The normalized spacial score (nSPS) is 10.9. The number of nitrogens with one attached hydrogen (secondary N) is 1. The van der Waals surface area contributed by atoms with Gasteiger partial charge in [-0.1, -0.05) is 36.9 Å². The first kappa shape index (κ1) is 26.6. The smallest absolute Gasteiger partial charge is 0.141 e. The van der Waals surface area contributed by atoms with Gasteiger partial charge in [0, 0.05) is 28.3 Å². The summed E-state index contributed by atoms with van der Waals surface area (Å²) in [7, 11) is 4.04. The first-order chi connectivity index (χ1) is 18.4. The van der Waals surface area contributed by atoms with Gasteiger partial charge in [0.1, 0.15) is 30.3 Å². The Labute approximate surface area is 222 Å². The number of carboxylic acids is 1. The first-order valence-corrected chi connectivity index (χ1v) is 12.4. The molecule has 8 nitrogen and oxygen atoms in total. The van der Waals surface area contributed by atoms with Gasteiger partial charge in [-0.2, -0.15) is 0 Å². The lowest BCUT2D eigenvalue weighted by Crippen LogP contribution is -2.23. The summed E-state index contributed by atoms with van der Waals surface area (Å²) < 4.78 is 11.8. The molecule has 0 bridgehead atoms. The number of aromatic nitrogens is 2. The number of ether oxygens (including phenoxy) is 2. The number of carboxylic acid groups (broad SMARTS) is 1. The molecule has 0 saturated heterocycles. The summed E-state index contributed by atoms with van der Waals surface area (Å²) in [6.45, 7) is 5.57. The Morgan fingerprint density at radius 1 is 1.00 bits per heavy atom. The van der Waals surface area contributed by atoms with Crippen LogP contribution in [-0.2, 0) is 11.4 Å². The Bertz CT molecular complexity index is 1390. The van der Waals surface area contributed by atoms with E-state index >= 15 is 0 Å². The minimum absolute atomic E-state index is 0.162. The minimum Gasteiger partial charge on any atom is -0.545 e. The summed E-state index contributed by atoms with van der Waals surface area (Å²) in [5, 5.41) is 15.6. The summed E-state index contributed by atoms with van der Waals surface area (Å²) in [5.41, 5.74) is 2.67. The number of anilines is 2. The van der Waals surface area contributed by atoms with Crippen molar-refractivity contribution in [2.24, 2.45) is 0 Å². The maximum atomic E-state index is 11.7. The third-order valence-corrected chi connectivity index (χ3v) is 5.93. The highest BCUT2D eigenvalue weighted by molar-refractivity contribution is 6.15. The number of unbranched alkanes of at least 4 members (excludes halogenated alkanes) is 1. The second-order valence-corrected chi connectivity index (χ2v) is 9.14. The Balaban J connectivity index is 1.52. The molecule has 38 heavy (non-hydrogen) atoms. The molecule has 1 aromatic heterocycles. The van der Waals surface area contributed by atoms with Gasteiger partial charge in [0.2, 0.25) is 0 Å². The molecule has 0 saturated carbocycles. The zero-order valence-corrected chi connectivity index (χ0v) is 21.6. The molecule has 0 unspecified atom stereocenters. The number of carbonyl (C=O) groups excluding carboxylic acids is 1. The van der Waals surface area contributed by atoms with E-state index in [9.17, 15) is 9.90 Å². The minimum atomic E-state index is -1.36. The molecular weight excluding hydrogens is 480 g/mol. The SMILES string of the molecule is C=C(C(=O)[O-])c1cc2c(Nc3ccc(OCc4ccccc4)cc3)ncnc2cc1OCCCCN(C)C. The second-order valence-electron chi connectivity index (χ2n) is 9.14. The molecule has 4 aromatic rings.